The molecule has 16 heavy (non-hydrogen) atoms. The van der Waals surface area contributed by atoms with Crippen molar-refractivity contribution in [1.29, 1.82) is 0 Å². The van der Waals surface area contributed by atoms with E-state index in [-0.39, 0.29) is 5.66 Å². The van der Waals surface area contributed by atoms with Gasteiger partial charge < -0.3 is 0 Å². The van der Waals surface area contributed by atoms with Crippen LogP contribution >= 0.6 is 0 Å². The third kappa shape index (κ3) is 4.84. The lowest BCUT2D eigenvalue weighted by Gasteiger charge is -2.40. The lowest BCUT2D eigenvalue weighted by Crippen LogP contribution is -2.59. The van der Waals surface area contributed by atoms with Gasteiger partial charge in [-0.25, -0.2) is 0 Å². The highest BCUT2D eigenvalue weighted by molar-refractivity contribution is 4.88. The molecule has 0 amide bonds. The van der Waals surface area contributed by atoms with Gasteiger partial charge in [0.05, 0.1) is 5.66 Å². The van der Waals surface area contributed by atoms with Gasteiger partial charge in [0.25, 0.3) is 0 Å². The van der Waals surface area contributed by atoms with Crippen molar-refractivity contribution in [2.75, 3.05) is 13.1 Å². The molecule has 0 atom stereocenters. The highest BCUT2D eigenvalue weighted by Gasteiger charge is 2.30. The highest BCUT2D eigenvalue weighted by atomic mass is 15.2. The fraction of sp³-hybridized carbons (Fsp3) is 1.00. The smallest absolute Gasteiger partial charge is 0.0687 e. The topological polar surface area (TPSA) is 24.1 Å². The lowest BCUT2D eigenvalue weighted by atomic mass is 9.88. The Hall–Kier alpha value is -0.0800. The molecule has 1 saturated carbocycles. The maximum atomic E-state index is 3.78. The molecule has 2 heteroatoms. The van der Waals surface area contributed by atoms with Gasteiger partial charge in [0.15, 0.2) is 0 Å². The summed E-state index contributed by atoms with van der Waals surface area (Å²) in [5, 5.41) is 7.56. The van der Waals surface area contributed by atoms with E-state index in [1.165, 1.54) is 32.1 Å². The van der Waals surface area contributed by atoms with Crippen molar-refractivity contribution in [2.24, 2.45) is 11.8 Å². The molecular weight excluding hydrogens is 196 g/mol. The minimum atomic E-state index is 0.243. The van der Waals surface area contributed by atoms with E-state index >= 15 is 0 Å². The normalized spacial score (nSPS) is 20.6. The number of hydrogen-bond donors (Lipinski definition) is 2. The predicted octanol–water partition coefficient (Wildman–Crippen LogP) is 3.14. The molecule has 0 aromatic heterocycles. The lowest BCUT2D eigenvalue weighted by molar-refractivity contribution is 0.169. The molecule has 0 aromatic rings. The Kier molecular flexibility index (Phi) is 5.77. The number of hydrogen-bond acceptors (Lipinski definition) is 2. The third-order valence-electron chi connectivity index (χ3n) is 3.40. The van der Waals surface area contributed by atoms with Crippen LogP contribution in [-0.4, -0.2) is 18.8 Å². The van der Waals surface area contributed by atoms with Crippen LogP contribution in [0.15, 0.2) is 0 Å². The van der Waals surface area contributed by atoms with E-state index in [1.807, 2.05) is 0 Å². The summed E-state index contributed by atoms with van der Waals surface area (Å²) in [7, 11) is 0. The van der Waals surface area contributed by atoms with Crippen molar-refractivity contribution >= 4 is 0 Å². The number of rotatable bonds is 6. The molecule has 0 bridgehead atoms. The van der Waals surface area contributed by atoms with Crippen LogP contribution in [0.25, 0.3) is 0 Å². The van der Waals surface area contributed by atoms with E-state index in [1.54, 1.807) is 0 Å². The largest absolute Gasteiger partial charge is 0.299 e. The second-order valence-corrected chi connectivity index (χ2v) is 6.19. The Morgan fingerprint density at radius 3 is 1.62 bits per heavy atom. The average Bonchev–Trinajstić information content (AvgIpc) is 2.25. The van der Waals surface area contributed by atoms with Gasteiger partial charge >= 0.3 is 0 Å². The van der Waals surface area contributed by atoms with Crippen LogP contribution in [0.5, 0.6) is 0 Å². The van der Waals surface area contributed by atoms with Gasteiger partial charge in [-0.05, 0) is 37.8 Å². The molecule has 0 saturated heterocycles. The average molecular weight is 226 g/mol. The molecule has 96 valence electrons. The van der Waals surface area contributed by atoms with Crippen molar-refractivity contribution < 1.29 is 0 Å². The maximum absolute atomic E-state index is 3.78. The van der Waals surface area contributed by atoms with Crippen molar-refractivity contribution in [3.8, 4) is 0 Å². The van der Waals surface area contributed by atoms with Crippen molar-refractivity contribution in [1.82, 2.24) is 10.6 Å². The quantitative estimate of drug-likeness (QED) is 0.680. The summed E-state index contributed by atoms with van der Waals surface area (Å²) < 4.78 is 0. The van der Waals surface area contributed by atoms with Crippen LogP contribution in [0.4, 0.5) is 0 Å². The minimum Gasteiger partial charge on any atom is -0.299 e. The molecule has 0 heterocycles. The van der Waals surface area contributed by atoms with Gasteiger partial charge in [-0.1, -0.05) is 47.0 Å². The Bertz CT molecular complexity index is 167. The van der Waals surface area contributed by atoms with Crippen LogP contribution < -0.4 is 10.6 Å². The zero-order valence-electron chi connectivity index (χ0n) is 11.6. The molecule has 2 nitrogen and oxygen atoms in total. The van der Waals surface area contributed by atoms with Crippen LogP contribution in [0.3, 0.4) is 0 Å². The maximum Gasteiger partial charge on any atom is 0.0687 e. The molecule has 0 aliphatic heterocycles. The Labute approximate surface area is 102 Å². The molecule has 0 unspecified atom stereocenters. The summed E-state index contributed by atoms with van der Waals surface area (Å²) in [6, 6.07) is 0. The van der Waals surface area contributed by atoms with Crippen LogP contribution in [0.2, 0.25) is 0 Å². The Morgan fingerprint density at radius 2 is 1.25 bits per heavy atom. The van der Waals surface area contributed by atoms with Gasteiger partial charge in [0.2, 0.25) is 0 Å². The standard InChI is InChI=1S/C14H30N2/c1-12(2)10-15-14(16-11-13(3)4)8-6-5-7-9-14/h12-13,15-16H,5-11H2,1-4H3. The van der Waals surface area contributed by atoms with Crippen molar-refractivity contribution in [3.05, 3.63) is 0 Å². The van der Waals surface area contributed by atoms with E-state index in [4.69, 9.17) is 0 Å². The fourth-order valence-corrected chi connectivity index (χ4v) is 2.37. The van der Waals surface area contributed by atoms with Crippen LogP contribution in [0, 0.1) is 11.8 Å². The first-order valence-electron chi connectivity index (χ1n) is 7.04. The first-order valence-corrected chi connectivity index (χ1v) is 7.04. The van der Waals surface area contributed by atoms with Crippen molar-refractivity contribution in [2.45, 2.75) is 65.5 Å². The molecule has 1 aliphatic carbocycles. The summed E-state index contributed by atoms with van der Waals surface area (Å²) in [6.07, 6.45) is 6.75. The van der Waals surface area contributed by atoms with E-state index in [0.717, 1.165) is 24.9 Å². The Balaban J connectivity index is 2.45. The second-order valence-electron chi connectivity index (χ2n) is 6.19. The second kappa shape index (κ2) is 6.61. The predicted molar refractivity (Wildman–Crippen MR) is 71.5 cm³/mol. The summed E-state index contributed by atoms with van der Waals surface area (Å²) in [5.74, 6) is 1.47. The molecule has 2 N–H and O–H groups in total. The zero-order chi connectivity index (χ0) is 12.0. The molecular formula is C14H30N2. The zero-order valence-corrected chi connectivity index (χ0v) is 11.6. The molecule has 0 spiro atoms. The van der Waals surface area contributed by atoms with E-state index in [2.05, 4.69) is 38.3 Å². The third-order valence-corrected chi connectivity index (χ3v) is 3.40. The van der Waals surface area contributed by atoms with Crippen LogP contribution in [0.1, 0.15) is 59.8 Å². The summed E-state index contributed by atoms with van der Waals surface area (Å²) in [5.41, 5.74) is 0.243. The number of nitrogens with one attached hydrogen (secondary N) is 2. The Morgan fingerprint density at radius 1 is 0.812 bits per heavy atom. The first kappa shape index (κ1) is 14.0. The molecule has 0 aromatic carbocycles. The summed E-state index contributed by atoms with van der Waals surface area (Å²) in [6.45, 7) is 11.4. The van der Waals surface area contributed by atoms with Crippen molar-refractivity contribution in [3.63, 3.8) is 0 Å². The SMILES string of the molecule is CC(C)CNC1(NCC(C)C)CCCCC1. The van der Waals surface area contributed by atoms with Crippen LogP contribution in [-0.2, 0) is 0 Å². The van der Waals surface area contributed by atoms with Gasteiger partial charge in [0, 0.05) is 0 Å². The summed E-state index contributed by atoms with van der Waals surface area (Å²) in [4.78, 5) is 0. The van der Waals surface area contributed by atoms with Gasteiger partial charge in [-0.2, -0.15) is 0 Å². The molecule has 1 aliphatic rings. The van der Waals surface area contributed by atoms with Gasteiger partial charge in [-0.15, -0.1) is 0 Å². The first-order chi connectivity index (χ1) is 7.54. The molecule has 1 fully saturated rings. The highest BCUT2D eigenvalue weighted by Crippen LogP contribution is 2.26. The molecule has 0 radical (unpaired) electrons. The monoisotopic (exact) mass is 226 g/mol. The fourth-order valence-electron chi connectivity index (χ4n) is 2.37. The van der Waals surface area contributed by atoms with Gasteiger partial charge in [-0.3, -0.25) is 10.6 Å². The van der Waals surface area contributed by atoms with Gasteiger partial charge in [0.1, 0.15) is 0 Å². The summed E-state index contributed by atoms with van der Waals surface area (Å²) >= 11 is 0. The van der Waals surface area contributed by atoms with E-state index < -0.39 is 0 Å². The van der Waals surface area contributed by atoms with E-state index in [0.29, 0.717) is 0 Å². The molecule has 1 rings (SSSR count). The minimum absolute atomic E-state index is 0.243. The van der Waals surface area contributed by atoms with E-state index in [9.17, 15) is 0 Å².